The summed E-state index contributed by atoms with van der Waals surface area (Å²) in [6, 6.07) is 7.36. The topological polar surface area (TPSA) is 9.23 Å². The van der Waals surface area contributed by atoms with E-state index in [1.807, 2.05) is 0 Å². The molecule has 1 aliphatic rings. The van der Waals surface area contributed by atoms with E-state index in [0.717, 1.165) is 25.7 Å². The third-order valence-corrected chi connectivity index (χ3v) is 5.56. The van der Waals surface area contributed by atoms with Gasteiger partial charge in [-0.1, -0.05) is 38.0 Å². The molecule has 26 heavy (non-hydrogen) atoms. The van der Waals surface area contributed by atoms with Gasteiger partial charge >= 0.3 is 0 Å². The van der Waals surface area contributed by atoms with Crippen LogP contribution in [0.25, 0.3) is 11.1 Å². The lowest BCUT2D eigenvalue weighted by Gasteiger charge is -2.29. The van der Waals surface area contributed by atoms with Gasteiger partial charge in [0.25, 0.3) is 0 Å². The molecule has 0 N–H and O–H groups in total. The van der Waals surface area contributed by atoms with Gasteiger partial charge in [0.15, 0.2) is 23.2 Å². The lowest BCUT2D eigenvalue weighted by atomic mass is 9.77. The Morgan fingerprint density at radius 1 is 0.962 bits per heavy atom. The van der Waals surface area contributed by atoms with E-state index in [1.165, 1.54) is 38.2 Å². The second-order valence-corrected chi connectivity index (χ2v) is 7.19. The normalized spacial score (nSPS) is 20.2. The van der Waals surface area contributed by atoms with Crippen LogP contribution in [0, 0.1) is 23.4 Å². The van der Waals surface area contributed by atoms with Crippen molar-refractivity contribution in [3.05, 3.63) is 53.3 Å². The summed E-state index contributed by atoms with van der Waals surface area (Å²) >= 11 is 0. The molecule has 0 aromatic heterocycles. The zero-order valence-corrected chi connectivity index (χ0v) is 15.3. The van der Waals surface area contributed by atoms with Crippen molar-refractivity contribution in [2.24, 2.45) is 5.92 Å². The Labute approximate surface area is 153 Å². The zero-order valence-electron chi connectivity index (χ0n) is 15.3. The van der Waals surface area contributed by atoms with Crippen LogP contribution in [0.5, 0.6) is 5.75 Å². The van der Waals surface area contributed by atoms with E-state index in [1.54, 1.807) is 12.1 Å². The van der Waals surface area contributed by atoms with E-state index in [2.05, 4.69) is 6.92 Å². The maximum absolute atomic E-state index is 14.7. The van der Waals surface area contributed by atoms with Crippen LogP contribution in [0.15, 0.2) is 30.3 Å². The molecule has 0 heterocycles. The van der Waals surface area contributed by atoms with Crippen molar-refractivity contribution in [1.82, 2.24) is 0 Å². The molecule has 0 atom stereocenters. The van der Waals surface area contributed by atoms with Crippen LogP contribution in [0.4, 0.5) is 13.2 Å². The van der Waals surface area contributed by atoms with Crippen molar-refractivity contribution >= 4 is 0 Å². The highest BCUT2D eigenvalue weighted by atomic mass is 19.2. The Balaban J connectivity index is 1.84. The summed E-state index contributed by atoms with van der Waals surface area (Å²) < 4.78 is 48.2. The van der Waals surface area contributed by atoms with Gasteiger partial charge in [-0.25, -0.2) is 13.2 Å². The average molecular weight is 362 g/mol. The van der Waals surface area contributed by atoms with Gasteiger partial charge < -0.3 is 4.74 Å². The number of hydrogen-bond acceptors (Lipinski definition) is 1. The highest BCUT2D eigenvalue weighted by Crippen LogP contribution is 2.40. The Hall–Kier alpha value is -1.97. The maximum Gasteiger partial charge on any atom is 0.166 e. The van der Waals surface area contributed by atoms with E-state index in [0.29, 0.717) is 17.0 Å². The zero-order chi connectivity index (χ0) is 18.7. The fourth-order valence-electron chi connectivity index (χ4n) is 4.11. The molecular formula is C22H25F3O. The van der Waals surface area contributed by atoms with Crippen molar-refractivity contribution in [3.63, 3.8) is 0 Å². The number of benzene rings is 2. The smallest absolute Gasteiger partial charge is 0.166 e. The van der Waals surface area contributed by atoms with Crippen LogP contribution in [0.3, 0.4) is 0 Å². The summed E-state index contributed by atoms with van der Waals surface area (Å²) in [5.41, 5.74) is 0.834. The molecule has 0 aliphatic heterocycles. The fraction of sp³-hybridized carbons (Fsp3) is 0.455. The molecule has 0 bridgehead atoms. The van der Waals surface area contributed by atoms with Gasteiger partial charge in [-0.3, -0.25) is 0 Å². The van der Waals surface area contributed by atoms with Gasteiger partial charge in [-0.05, 0) is 60.8 Å². The summed E-state index contributed by atoms with van der Waals surface area (Å²) in [7, 11) is 1.36. The van der Waals surface area contributed by atoms with Gasteiger partial charge in [0.05, 0.1) is 7.11 Å². The third-order valence-electron chi connectivity index (χ3n) is 5.56. The van der Waals surface area contributed by atoms with E-state index < -0.39 is 17.5 Å². The Kier molecular flexibility index (Phi) is 5.90. The number of hydrogen-bond donors (Lipinski definition) is 0. The number of halogens is 3. The molecule has 1 saturated carbocycles. The summed E-state index contributed by atoms with van der Waals surface area (Å²) in [6.45, 7) is 2.18. The fourth-order valence-corrected chi connectivity index (χ4v) is 4.11. The summed E-state index contributed by atoms with van der Waals surface area (Å²) in [5, 5.41) is 0. The van der Waals surface area contributed by atoms with Crippen LogP contribution >= 0.6 is 0 Å². The first-order valence-electron chi connectivity index (χ1n) is 9.37. The van der Waals surface area contributed by atoms with Crippen molar-refractivity contribution in [2.45, 2.75) is 51.4 Å². The van der Waals surface area contributed by atoms with Gasteiger partial charge in [0, 0.05) is 5.56 Å². The summed E-state index contributed by atoms with van der Waals surface area (Å²) in [6.07, 6.45) is 6.34. The first kappa shape index (κ1) is 18.8. The van der Waals surface area contributed by atoms with Gasteiger partial charge in [-0.2, -0.15) is 0 Å². The molecule has 140 valence electrons. The predicted molar refractivity (Wildman–Crippen MR) is 97.9 cm³/mol. The molecule has 0 spiro atoms. The van der Waals surface area contributed by atoms with Crippen molar-refractivity contribution in [3.8, 4) is 16.9 Å². The molecule has 0 radical (unpaired) electrons. The molecule has 0 saturated heterocycles. The SMILES string of the molecule is CCCC1CCC(c2ccc(-c3ccc(OC)c(F)c3)c(F)c2F)CC1. The Bertz CT molecular complexity index is 764. The van der Waals surface area contributed by atoms with Crippen LogP contribution in [-0.2, 0) is 0 Å². The highest BCUT2D eigenvalue weighted by Gasteiger charge is 2.26. The molecule has 2 aromatic carbocycles. The Morgan fingerprint density at radius 2 is 1.69 bits per heavy atom. The average Bonchev–Trinajstić information content (AvgIpc) is 2.65. The largest absolute Gasteiger partial charge is 0.494 e. The monoisotopic (exact) mass is 362 g/mol. The molecule has 0 amide bonds. The minimum absolute atomic E-state index is 0.0688. The third kappa shape index (κ3) is 3.74. The predicted octanol–water partition coefficient (Wildman–Crippen LogP) is 6.85. The first-order valence-corrected chi connectivity index (χ1v) is 9.37. The highest BCUT2D eigenvalue weighted by molar-refractivity contribution is 5.66. The van der Waals surface area contributed by atoms with Crippen LogP contribution < -0.4 is 4.74 Å². The number of rotatable bonds is 5. The lowest BCUT2D eigenvalue weighted by Crippen LogP contribution is -2.15. The standard InChI is InChI=1S/C22H25F3O/c1-3-4-14-5-7-15(8-6-14)17-10-11-18(22(25)21(17)24)16-9-12-20(26-2)19(23)13-16/h9-15H,3-8H2,1-2H3. The van der Waals surface area contributed by atoms with E-state index in [-0.39, 0.29) is 17.2 Å². The molecule has 2 aromatic rings. The summed E-state index contributed by atoms with van der Waals surface area (Å²) in [5.74, 6) is -1.43. The molecule has 1 fully saturated rings. The van der Waals surface area contributed by atoms with Gasteiger partial charge in [0.1, 0.15) is 0 Å². The summed E-state index contributed by atoms with van der Waals surface area (Å²) in [4.78, 5) is 0. The maximum atomic E-state index is 14.7. The van der Waals surface area contributed by atoms with Gasteiger partial charge in [0.2, 0.25) is 0 Å². The molecule has 1 nitrogen and oxygen atoms in total. The van der Waals surface area contributed by atoms with E-state index in [4.69, 9.17) is 4.74 Å². The van der Waals surface area contributed by atoms with Crippen LogP contribution in [0.2, 0.25) is 0 Å². The quantitative estimate of drug-likeness (QED) is 0.565. The second kappa shape index (κ2) is 8.15. The number of methoxy groups -OCH3 is 1. The van der Waals surface area contributed by atoms with Crippen molar-refractivity contribution < 1.29 is 17.9 Å². The van der Waals surface area contributed by atoms with Crippen molar-refractivity contribution in [1.29, 1.82) is 0 Å². The van der Waals surface area contributed by atoms with Crippen molar-refractivity contribution in [2.75, 3.05) is 7.11 Å². The molecule has 1 aliphatic carbocycles. The second-order valence-electron chi connectivity index (χ2n) is 7.19. The minimum atomic E-state index is -0.900. The Morgan fingerprint density at radius 3 is 2.31 bits per heavy atom. The molecule has 4 heteroatoms. The number of ether oxygens (including phenoxy) is 1. The van der Waals surface area contributed by atoms with E-state index >= 15 is 0 Å². The first-order chi connectivity index (χ1) is 12.5. The minimum Gasteiger partial charge on any atom is -0.494 e. The molecule has 3 rings (SSSR count). The molecular weight excluding hydrogens is 337 g/mol. The molecule has 0 unspecified atom stereocenters. The lowest BCUT2D eigenvalue weighted by molar-refractivity contribution is 0.303. The van der Waals surface area contributed by atoms with E-state index in [9.17, 15) is 13.2 Å². The van der Waals surface area contributed by atoms with Crippen LogP contribution in [0.1, 0.15) is 56.9 Å². The van der Waals surface area contributed by atoms with Gasteiger partial charge in [-0.15, -0.1) is 0 Å². The van der Waals surface area contributed by atoms with Crippen LogP contribution in [-0.4, -0.2) is 7.11 Å².